The van der Waals surface area contributed by atoms with Crippen LogP contribution in [0, 0.1) is 0 Å². The zero-order chi connectivity index (χ0) is 15.9. The van der Waals surface area contributed by atoms with Gasteiger partial charge in [0.25, 0.3) is 0 Å². The summed E-state index contributed by atoms with van der Waals surface area (Å²) in [4.78, 5) is 2.37. The van der Waals surface area contributed by atoms with Crippen molar-refractivity contribution in [2.75, 3.05) is 25.9 Å². The molecule has 2 aromatic rings. The summed E-state index contributed by atoms with van der Waals surface area (Å²) in [5.74, 6) is 0.992. The lowest BCUT2D eigenvalue weighted by atomic mass is 9.83. The fourth-order valence-corrected chi connectivity index (χ4v) is 3.51. The summed E-state index contributed by atoms with van der Waals surface area (Å²) < 4.78 is 6.46. The van der Waals surface area contributed by atoms with E-state index in [0.717, 1.165) is 37.4 Å². The molecule has 2 aliphatic rings. The van der Waals surface area contributed by atoms with Gasteiger partial charge in [-0.05, 0) is 42.5 Å². The number of fused-ring (bicyclic) bond motifs is 1. The Hall–Kier alpha value is -2.26. The van der Waals surface area contributed by atoms with Gasteiger partial charge in [-0.3, -0.25) is 0 Å². The Morgan fingerprint density at radius 3 is 2.43 bits per heavy atom. The van der Waals surface area contributed by atoms with Gasteiger partial charge < -0.3 is 15.4 Å². The molecule has 0 aromatic heterocycles. The first kappa shape index (κ1) is 14.3. The first-order valence-electron chi connectivity index (χ1n) is 8.21. The number of ether oxygens (including phenoxy) is 1. The number of likely N-dealkylation sites (tertiary alicyclic amines) is 1. The van der Waals surface area contributed by atoms with E-state index in [1.807, 2.05) is 18.2 Å². The number of rotatable bonds is 1. The van der Waals surface area contributed by atoms with Crippen LogP contribution in [-0.2, 0) is 0 Å². The van der Waals surface area contributed by atoms with Crippen molar-refractivity contribution in [1.29, 1.82) is 0 Å². The molecule has 1 saturated heterocycles. The highest BCUT2D eigenvalue weighted by atomic mass is 16.5. The fraction of sp³-hybridized carbons (Fsp3) is 0.300. The van der Waals surface area contributed by atoms with Crippen LogP contribution in [0.5, 0.6) is 5.75 Å². The Bertz CT molecular complexity index is 740. The minimum Gasteiger partial charge on any atom is -0.482 e. The van der Waals surface area contributed by atoms with Gasteiger partial charge in [0.15, 0.2) is 0 Å². The van der Waals surface area contributed by atoms with Crippen molar-refractivity contribution in [1.82, 2.24) is 4.90 Å². The highest BCUT2D eigenvalue weighted by molar-refractivity contribution is 5.85. The SMILES string of the molecule is CN1CCC2(C=C(c3ccc(N)cc3)c3ccccc3O2)CC1. The molecule has 2 N–H and O–H groups in total. The number of nitrogens with zero attached hydrogens (tertiary/aromatic N) is 1. The molecule has 1 fully saturated rings. The van der Waals surface area contributed by atoms with Crippen LogP contribution in [0.3, 0.4) is 0 Å². The Morgan fingerprint density at radius 1 is 1.00 bits per heavy atom. The molecule has 23 heavy (non-hydrogen) atoms. The highest BCUT2D eigenvalue weighted by Gasteiger charge is 2.38. The van der Waals surface area contributed by atoms with Crippen molar-refractivity contribution in [3.63, 3.8) is 0 Å². The second-order valence-corrected chi connectivity index (χ2v) is 6.65. The quantitative estimate of drug-likeness (QED) is 0.819. The third-order valence-electron chi connectivity index (χ3n) is 4.95. The molecule has 0 radical (unpaired) electrons. The van der Waals surface area contributed by atoms with Gasteiger partial charge in [0.05, 0.1) is 0 Å². The van der Waals surface area contributed by atoms with Crippen LogP contribution in [0.15, 0.2) is 54.6 Å². The number of nitrogens with two attached hydrogens (primary N) is 1. The minimum absolute atomic E-state index is 0.183. The van der Waals surface area contributed by atoms with Gasteiger partial charge in [-0.2, -0.15) is 0 Å². The molecule has 0 atom stereocenters. The first-order valence-corrected chi connectivity index (χ1v) is 8.21. The van der Waals surface area contributed by atoms with Crippen LogP contribution in [0.2, 0.25) is 0 Å². The summed E-state index contributed by atoms with van der Waals surface area (Å²) in [5.41, 5.74) is 10.1. The van der Waals surface area contributed by atoms with E-state index in [0.29, 0.717) is 0 Å². The normalized spacial score (nSPS) is 19.8. The van der Waals surface area contributed by atoms with E-state index < -0.39 is 0 Å². The van der Waals surface area contributed by atoms with Crippen molar-refractivity contribution in [2.45, 2.75) is 18.4 Å². The smallest absolute Gasteiger partial charge is 0.130 e. The van der Waals surface area contributed by atoms with Crippen molar-refractivity contribution in [2.24, 2.45) is 0 Å². The van der Waals surface area contributed by atoms with E-state index in [9.17, 15) is 0 Å². The van der Waals surface area contributed by atoms with E-state index in [2.05, 4.69) is 48.4 Å². The molecular formula is C20H22N2O. The summed E-state index contributed by atoms with van der Waals surface area (Å²) in [6.45, 7) is 2.13. The fourth-order valence-electron chi connectivity index (χ4n) is 3.51. The standard InChI is InChI=1S/C20H22N2O/c1-22-12-10-20(11-13-22)14-18(15-6-8-16(21)9-7-15)17-4-2-3-5-19(17)23-20/h2-9,14H,10-13,21H2,1H3. The Kier molecular flexibility index (Phi) is 3.38. The summed E-state index contributed by atoms with van der Waals surface area (Å²) in [6, 6.07) is 16.5. The van der Waals surface area contributed by atoms with E-state index in [1.165, 1.54) is 16.7 Å². The number of para-hydroxylation sites is 1. The van der Waals surface area contributed by atoms with Gasteiger partial charge in [0.1, 0.15) is 11.4 Å². The average molecular weight is 306 g/mol. The van der Waals surface area contributed by atoms with Crippen molar-refractivity contribution in [3.8, 4) is 5.75 Å². The summed E-state index contributed by atoms with van der Waals surface area (Å²) in [5, 5.41) is 0. The van der Waals surface area contributed by atoms with Crippen LogP contribution in [0.4, 0.5) is 5.69 Å². The van der Waals surface area contributed by atoms with Gasteiger partial charge in [-0.25, -0.2) is 0 Å². The summed E-state index contributed by atoms with van der Waals surface area (Å²) in [7, 11) is 2.17. The maximum atomic E-state index is 6.46. The van der Waals surface area contributed by atoms with Crippen LogP contribution in [-0.4, -0.2) is 30.6 Å². The first-order chi connectivity index (χ1) is 11.2. The molecule has 2 aromatic carbocycles. The number of benzene rings is 2. The molecule has 0 saturated carbocycles. The maximum absolute atomic E-state index is 6.46. The Balaban J connectivity index is 1.82. The van der Waals surface area contributed by atoms with Crippen LogP contribution < -0.4 is 10.5 Å². The predicted molar refractivity (Wildman–Crippen MR) is 94.5 cm³/mol. The van der Waals surface area contributed by atoms with Crippen LogP contribution in [0.25, 0.3) is 5.57 Å². The molecular weight excluding hydrogens is 284 g/mol. The van der Waals surface area contributed by atoms with Crippen LogP contribution in [0.1, 0.15) is 24.0 Å². The van der Waals surface area contributed by atoms with Gasteiger partial charge >= 0.3 is 0 Å². The molecule has 118 valence electrons. The van der Waals surface area contributed by atoms with E-state index in [-0.39, 0.29) is 5.60 Å². The lowest BCUT2D eigenvalue weighted by molar-refractivity contribution is 0.0468. The summed E-state index contributed by atoms with van der Waals surface area (Å²) in [6.07, 6.45) is 4.39. The predicted octanol–water partition coefficient (Wildman–Crippen LogP) is 3.56. The lowest BCUT2D eigenvalue weighted by Crippen LogP contribution is -2.46. The second kappa shape index (κ2) is 5.43. The maximum Gasteiger partial charge on any atom is 0.130 e. The summed E-state index contributed by atoms with van der Waals surface area (Å²) >= 11 is 0. The molecule has 0 amide bonds. The molecule has 0 aliphatic carbocycles. The van der Waals surface area contributed by atoms with Gasteiger partial charge in [-0.15, -0.1) is 0 Å². The largest absolute Gasteiger partial charge is 0.482 e. The van der Waals surface area contributed by atoms with E-state index in [1.54, 1.807) is 0 Å². The van der Waals surface area contributed by atoms with Gasteiger partial charge in [0, 0.05) is 37.2 Å². The van der Waals surface area contributed by atoms with Crippen LogP contribution >= 0.6 is 0 Å². The molecule has 1 spiro atoms. The third kappa shape index (κ3) is 2.62. The molecule has 3 nitrogen and oxygen atoms in total. The molecule has 2 heterocycles. The second-order valence-electron chi connectivity index (χ2n) is 6.65. The minimum atomic E-state index is -0.183. The molecule has 3 heteroatoms. The zero-order valence-corrected chi connectivity index (χ0v) is 13.5. The van der Waals surface area contributed by atoms with Gasteiger partial charge in [0.2, 0.25) is 0 Å². The lowest BCUT2D eigenvalue weighted by Gasteiger charge is -2.42. The Morgan fingerprint density at radius 2 is 1.70 bits per heavy atom. The van der Waals surface area contributed by atoms with E-state index >= 15 is 0 Å². The molecule has 0 unspecified atom stereocenters. The van der Waals surface area contributed by atoms with Crippen molar-refractivity contribution in [3.05, 3.63) is 65.7 Å². The number of anilines is 1. The number of nitrogen functional groups attached to an aromatic ring is 1. The van der Waals surface area contributed by atoms with E-state index in [4.69, 9.17) is 10.5 Å². The molecule has 4 rings (SSSR count). The topological polar surface area (TPSA) is 38.5 Å². The van der Waals surface area contributed by atoms with Gasteiger partial charge in [-0.1, -0.05) is 30.3 Å². The zero-order valence-electron chi connectivity index (χ0n) is 13.5. The highest BCUT2D eigenvalue weighted by Crippen LogP contribution is 2.43. The molecule has 2 aliphatic heterocycles. The van der Waals surface area contributed by atoms with Crippen molar-refractivity contribution < 1.29 is 4.74 Å². The number of hydrogen-bond acceptors (Lipinski definition) is 3. The van der Waals surface area contributed by atoms with Crippen molar-refractivity contribution >= 4 is 11.3 Å². The average Bonchev–Trinajstić information content (AvgIpc) is 2.58. The number of piperidine rings is 1. The third-order valence-corrected chi connectivity index (χ3v) is 4.95. The monoisotopic (exact) mass is 306 g/mol. The number of hydrogen-bond donors (Lipinski definition) is 1. The molecule has 0 bridgehead atoms. The Labute approximate surface area is 137 Å².